The number of alkyl halides is 3. The number of rotatable bonds is 3. The number of aliphatic hydroxyl groups is 1. The van der Waals surface area contributed by atoms with Crippen LogP contribution in [-0.2, 0) is 0 Å². The highest BCUT2D eigenvalue weighted by atomic mass is 19.4. The van der Waals surface area contributed by atoms with Gasteiger partial charge < -0.3 is 5.11 Å². The van der Waals surface area contributed by atoms with E-state index in [1.807, 2.05) is 0 Å². The maximum absolute atomic E-state index is 12.6. The Kier molecular flexibility index (Phi) is 4.04. The van der Waals surface area contributed by atoms with Gasteiger partial charge in [0.1, 0.15) is 0 Å². The minimum absolute atomic E-state index is 0.0466. The smallest absolute Gasteiger partial charge is 0.380 e. The van der Waals surface area contributed by atoms with Crippen LogP contribution in [-0.4, -0.2) is 16.9 Å². The van der Waals surface area contributed by atoms with Crippen LogP contribution in [0.1, 0.15) is 51.9 Å². The zero-order chi connectivity index (χ0) is 11.5. The van der Waals surface area contributed by atoms with Gasteiger partial charge >= 0.3 is 6.18 Å². The van der Waals surface area contributed by atoms with Crippen LogP contribution in [0, 0.1) is 5.92 Å². The summed E-state index contributed by atoms with van der Waals surface area (Å²) in [6, 6.07) is 0. The predicted molar refractivity (Wildman–Crippen MR) is 52.5 cm³/mol. The highest BCUT2D eigenvalue weighted by Gasteiger charge is 2.52. The summed E-state index contributed by atoms with van der Waals surface area (Å²) in [7, 11) is 0. The van der Waals surface area contributed by atoms with Crippen LogP contribution < -0.4 is 0 Å². The van der Waals surface area contributed by atoms with Crippen LogP contribution in [0.3, 0.4) is 0 Å². The van der Waals surface area contributed by atoms with E-state index in [0.29, 0.717) is 0 Å². The van der Waals surface area contributed by atoms with Crippen molar-refractivity contribution in [1.82, 2.24) is 0 Å². The zero-order valence-electron chi connectivity index (χ0n) is 9.11. The van der Waals surface area contributed by atoms with E-state index in [1.54, 1.807) is 0 Å². The molecule has 0 spiro atoms. The molecule has 0 aliphatic heterocycles. The van der Waals surface area contributed by atoms with Gasteiger partial charge in [-0.1, -0.05) is 39.0 Å². The number of hydrogen-bond acceptors (Lipinski definition) is 1. The monoisotopic (exact) mass is 224 g/mol. The lowest BCUT2D eigenvalue weighted by atomic mass is 9.79. The van der Waals surface area contributed by atoms with E-state index in [9.17, 15) is 18.3 Å². The molecule has 15 heavy (non-hydrogen) atoms. The summed E-state index contributed by atoms with van der Waals surface area (Å²) in [5.74, 6) is 0.0466. The van der Waals surface area contributed by atoms with Crippen LogP contribution in [0.2, 0.25) is 0 Å². The Bertz CT molecular complexity index is 196. The maximum atomic E-state index is 12.6. The average molecular weight is 224 g/mol. The molecule has 0 aromatic rings. The average Bonchev–Trinajstić information content (AvgIpc) is 2.17. The van der Waals surface area contributed by atoms with Crippen molar-refractivity contribution < 1.29 is 18.3 Å². The van der Waals surface area contributed by atoms with Gasteiger partial charge in [0.05, 0.1) is 0 Å². The quantitative estimate of drug-likeness (QED) is 0.775. The summed E-state index contributed by atoms with van der Waals surface area (Å²) in [6.07, 6.45) is -0.0618. The SMILES string of the molecule is CCC(O)(CC1CCCCC1)C(F)(F)F. The first-order valence-corrected chi connectivity index (χ1v) is 5.68. The van der Waals surface area contributed by atoms with E-state index >= 15 is 0 Å². The Morgan fingerprint density at radius 3 is 2.07 bits per heavy atom. The van der Waals surface area contributed by atoms with Gasteiger partial charge in [-0.15, -0.1) is 0 Å². The molecular weight excluding hydrogens is 205 g/mol. The van der Waals surface area contributed by atoms with Crippen molar-refractivity contribution >= 4 is 0 Å². The molecule has 0 bridgehead atoms. The third-order valence-corrected chi connectivity index (χ3v) is 3.46. The first-order valence-electron chi connectivity index (χ1n) is 5.68. The van der Waals surface area contributed by atoms with Crippen molar-refractivity contribution in [1.29, 1.82) is 0 Å². The molecule has 1 N–H and O–H groups in total. The maximum Gasteiger partial charge on any atom is 0.417 e. The van der Waals surface area contributed by atoms with Gasteiger partial charge in [-0.3, -0.25) is 0 Å². The van der Waals surface area contributed by atoms with Crippen molar-refractivity contribution in [2.75, 3.05) is 0 Å². The lowest BCUT2D eigenvalue weighted by molar-refractivity contribution is -0.267. The molecule has 1 fully saturated rings. The summed E-state index contributed by atoms with van der Waals surface area (Å²) in [6.45, 7) is 1.40. The number of hydrogen-bond donors (Lipinski definition) is 1. The molecule has 0 aromatic carbocycles. The van der Waals surface area contributed by atoms with Gasteiger partial charge in [0.2, 0.25) is 0 Å². The second-order valence-corrected chi connectivity index (χ2v) is 4.59. The molecule has 0 saturated heterocycles. The Labute approximate surface area is 88.7 Å². The minimum atomic E-state index is -4.49. The molecule has 0 amide bonds. The van der Waals surface area contributed by atoms with Gasteiger partial charge in [0, 0.05) is 0 Å². The molecule has 0 aromatic heterocycles. The molecule has 1 rings (SSSR count). The number of halogens is 3. The molecule has 0 radical (unpaired) electrons. The summed E-state index contributed by atoms with van der Waals surface area (Å²) in [5.41, 5.74) is -2.46. The first kappa shape index (κ1) is 12.8. The third-order valence-electron chi connectivity index (χ3n) is 3.46. The van der Waals surface area contributed by atoms with Crippen molar-refractivity contribution in [2.45, 2.75) is 63.6 Å². The second-order valence-electron chi connectivity index (χ2n) is 4.59. The summed E-state index contributed by atoms with van der Waals surface area (Å²) in [4.78, 5) is 0. The molecule has 1 saturated carbocycles. The molecule has 0 heterocycles. The molecular formula is C11H19F3O. The van der Waals surface area contributed by atoms with E-state index < -0.39 is 11.8 Å². The van der Waals surface area contributed by atoms with E-state index in [0.717, 1.165) is 32.1 Å². The molecule has 90 valence electrons. The minimum Gasteiger partial charge on any atom is -0.380 e. The van der Waals surface area contributed by atoms with Crippen molar-refractivity contribution in [2.24, 2.45) is 5.92 Å². The Morgan fingerprint density at radius 1 is 1.13 bits per heavy atom. The lowest BCUT2D eigenvalue weighted by Crippen LogP contribution is -2.46. The highest BCUT2D eigenvalue weighted by molar-refractivity contribution is 4.88. The Hall–Kier alpha value is -0.250. The normalized spacial score (nSPS) is 23.8. The fraction of sp³-hybridized carbons (Fsp3) is 1.00. The molecule has 4 heteroatoms. The fourth-order valence-electron chi connectivity index (χ4n) is 2.33. The molecule has 1 nitrogen and oxygen atoms in total. The molecule has 1 aliphatic carbocycles. The first-order chi connectivity index (χ1) is 6.89. The van der Waals surface area contributed by atoms with Gasteiger partial charge in [0.25, 0.3) is 0 Å². The Balaban J connectivity index is 2.58. The van der Waals surface area contributed by atoms with Crippen molar-refractivity contribution in [3.05, 3.63) is 0 Å². The standard InChI is InChI=1S/C11H19F3O/c1-2-10(15,11(12,13)14)8-9-6-4-3-5-7-9/h9,15H,2-8H2,1H3. The van der Waals surface area contributed by atoms with Crippen molar-refractivity contribution in [3.63, 3.8) is 0 Å². The highest BCUT2D eigenvalue weighted by Crippen LogP contribution is 2.41. The van der Waals surface area contributed by atoms with Gasteiger partial charge in [-0.05, 0) is 18.8 Å². The van der Waals surface area contributed by atoms with E-state index in [-0.39, 0.29) is 18.8 Å². The van der Waals surface area contributed by atoms with E-state index in [4.69, 9.17) is 0 Å². The molecule has 1 aliphatic rings. The van der Waals surface area contributed by atoms with E-state index in [2.05, 4.69) is 0 Å². The van der Waals surface area contributed by atoms with Crippen LogP contribution in [0.25, 0.3) is 0 Å². The van der Waals surface area contributed by atoms with Crippen LogP contribution in [0.4, 0.5) is 13.2 Å². The topological polar surface area (TPSA) is 20.2 Å². The molecule has 1 unspecified atom stereocenters. The van der Waals surface area contributed by atoms with Crippen LogP contribution in [0.5, 0.6) is 0 Å². The predicted octanol–water partition coefficient (Wildman–Crippen LogP) is 3.66. The zero-order valence-corrected chi connectivity index (χ0v) is 9.11. The summed E-state index contributed by atoms with van der Waals surface area (Å²) >= 11 is 0. The lowest BCUT2D eigenvalue weighted by Gasteiger charge is -2.34. The largest absolute Gasteiger partial charge is 0.417 e. The summed E-state index contributed by atoms with van der Waals surface area (Å²) < 4.78 is 37.8. The summed E-state index contributed by atoms with van der Waals surface area (Å²) in [5, 5.41) is 9.58. The third kappa shape index (κ3) is 3.10. The van der Waals surface area contributed by atoms with Crippen molar-refractivity contribution in [3.8, 4) is 0 Å². The van der Waals surface area contributed by atoms with Crippen LogP contribution in [0.15, 0.2) is 0 Å². The van der Waals surface area contributed by atoms with E-state index in [1.165, 1.54) is 6.92 Å². The second kappa shape index (κ2) is 4.73. The van der Waals surface area contributed by atoms with Gasteiger partial charge in [0.15, 0.2) is 5.60 Å². The fourth-order valence-corrected chi connectivity index (χ4v) is 2.33. The molecule has 1 atom stereocenters. The van der Waals surface area contributed by atoms with Crippen LogP contribution >= 0.6 is 0 Å². The van der Waals surface area contributed by atoms with Gasteiger partial charge in [-0.2, -0.15) is 13.2 Å². The Morgan fingerprint density at radius 2 is 1.67 bits per heavy atom. The van der Waals surface area contributed by atoms with Gasteiger partial charge in [-0.25, -0.2) is 0 Å².